The molecule has 0 amide bonds. The fourth-order valence-electron chi connectivity index (χ4n) is 3.50. The summed E-state index contributed by atoms with van der Waals surface area (Å²) in [6.45, 7) is 3.18. The third-order valence-corrected chi connectivity index (χ3v) is 5.66. The van der Waals surface area contributed by atoms with Gasteiger partial charge in [0, 0.05) is 10.9 Å². The first-order chi connectivity index (χ1) is 11.2. The number of aromatic nitrogens is 2. The molecule has 0 bridgehead atoms. The van der Waals surface area contributed by atoms with E-state index in [1.807, 2.05) is 35.6 Å². The van der Waals surface area contributed by atoms with E-state index >= 15 is 0 Å². The summed E-state index contributed by atoms with van der Waals surface area (Å²) in [5, 5.41) is 2.78. The minimum Gasteiger partial charge on any atom is -0.309 e. The van der Waals surface area contributed by atoms with Crippen LogP contribution in [0.5, 0.6) is 0 Å². The molecule has 1 fully saturated rings. The largest absolute Gasteiger partial charge is 0.309 e. The number of para-hydroxylation sites is 1. The molecule has 2 aromatic heterocycles. The van der Waals surface area contributed by atoms with Gasteiger partial charge in [-0.2, -0.15) is 0 Å². The Balaban J connectivity index is 1.71. The van der Waals surface area contributed by atoms with Crippen molar-refractivity contribution in [1.82, 2.24) is 14.9 Å². The number of nitrogens with one attached hydrogen (secondary N) is 1. The fraction of sp³-hybridized carbons (Fsp3) is 0.333. The van der Waals surface area contributed by atoms with E-state index in [9.17, 15) is 4.79 Å². The summed E-state index contributed by atoms with van der Waals surface area (Å²) < 4.78 is 0. The maximum Gasteiger partial charge on any atom is 0.258 e. The number of benzene rings is 1. The molecule has 0 aliphatic carbocycles. The zero-order chi connectivity index (χ0) is 15.8. The van der Waals surface area contributed by atoms with Crippen LogP contribution in [0.4, 0.5) is 0 Å². The van der Waals surface area contributed by atoms with E-state index in [1.54, 1.807) is 0 Å². The van der Waals surface area contributed by atoms with Crippen LogP contribution in [-0.4, -0.2) is 21.4 Å². The Labute approximate surface area is 138 Å². The van der Waals surface area contributed by atoms with Crippen molar-refractivity contribution in [3.8, 4) is 0 Å². The summed E-state index contributed by atoms with van der Waals surface area (Å²) in [6.07, 6.45) is 2.35. The van der Waals surface area contributed by atoms with E-state index in [1.165, 1.54) is 17.7 Å². The van der Waals surface area contributed by atoms with Gasteiger partial charge in [0.05, 0.1) is 16.9 Å². The molecule has 23 heavy (non-hydrogen) atoms. The van der Waals surface area contributed by atoms with Crippen LogP contribution in [0.15, 0.2) is 46.6 Å². The van der Waals surface area contributed by atoms with Crippen LogP contribution in [0.2, 0.25) is 0 Å². The molecule has 0 radical (unpaired) electrons. The maximum absolute atomic E-state index is 12.3. The first kappa shape index (κ1) is 14.6. The predicted octanol–water partition coefficient (Wildman–Crippen LogP) is 3.88. The molecule has 1 aliphatic rings. The number of likely N-dealkylation sites (tertiary alicyclic amines) is 1. The molecule has 4 nitrogen and oxygen atoms in total. The fourth-order valence-corrected chi connectivity index (χ4v) is 4.38. The van der Waals surface area contributed by atoms with Crippen LogP contribution in [0.25, 0.3) is 10.9 Å². The van der Waals surface area contributed by atoms with Gasteiger partial charge in [-0.1, -0.05) is 18.2 Å². The molecular weight excluding hydrogens is 306 g/mol. The van der Waals surface area contributed by atoms with Gasteiger partial charge in [0.25, 0.3) is 5.56 Å². The van der Waals surface area contributed by atoms with Crippen molar-refractivity contribution in [2.75, 3.05) is 6.54 Å². The monoisotopic (exact) mass is 325 g/mol. The maximum atomic E-state index is 12.3. The summed E-state index contributed by atoms with van der Waals surface area (Å²) >= 11 is 1.81. The Bertz CT molecular complexity index is 871. The van der Waals surface area contributed by atoms with Gasteiger partial charge in [-0.25, -0.2) is 4.98 Å². The van der Waals surface area contributed by atoms with Crippen LogP contribution in [0, 0.1) is 0 Å². The second kappa shape index (κ2) is 5.91. The van der Waals surface area contributed by atoms with Crippen molar-refractivity contribution in [2.45, 2.75) is 31.8 Å². The van der Waals surface area contributed by atoms with E-state index in [0.29, 0.717) is 11.4 Å². The number of nitrogens with zero attached hydrogens (tertiary/aromatic N) is 2. The van der Waals surface area contributed by atoms with Gasteiger partial charge in [0.1, 0.15) is 5.82 Å². The van der Waals surface area contributed by atoms with E-state index in [2.05, 4.69) is 34.3 Å². The lowest BCUT2D eigenvalue weighted by molar-refractivity contribution is 0.189. The summed E-state index contributed by atoms with van der Waals surface area (Å²) in [4.78, 5) is 23.9. The lowest BCUT2D eigenvalue weighted by atomic mass is 10.1. The van der Waals surface area contributed by atoms with Gasteiger partial charge >= 0.3 is 0 Å². The number of aromatic amines is 1. The van der Waals surface area contributed by atoms with Crippen LogP contribution in [0.1, 0.15) is 42.6 Å². The average Bonchev–Trinajstić information content (AvgIpc) is 3.25. The van der Waals surface area contributed by atoms with E-state index in [-0.39, 0.29) is 11.6 Å². The zero-order valence-electron chi connectivity index (χ0n) is 13.0. The lowest BCUT2D eigenvalue weighted by Gasteiger charge is -2.29. The standard InChI is InChI=1S/C18H19N3OS/c1-12(21-10-4-8-15(21)16-9-5-11-23-16)17-19-14-7-3-2-6-13(14)18(22)20-17/h2-3,5-7,9,11-12,15H,4,8,10H2,1H3,(H,19,20,22)/t12-,15-/m1/s1. The van der Waals surface area contributed by atoms with Crippen molar-refractivity contribution in [1.29, 1.82) is 0 Å². The number of H-pyrrole nitrogens is 1. The van der Waals surface area contributed by atoms with Crippen molar-refractivity contribution in [2.24, 2.45) is 0 Å². The second-order valence-electron chi connectivity index (χ2n) is 6.06. The molecule has 3 aromatic rings. The van der Waals surface area contributed by atoms with E-state index in [4.69, 9.17) is 4.98 Å². The number of rotatable bonds is 3. The lowest BCUT2D eigenvalue weighted by Crippen LogP contribution is -2.29. The minimum absolute atomic E-state index is 0.0516. The molecule has 1 saturated heterocycles. The molecule has 5 heteroatoms. The zero-order valence-corrected chi connectivity index (χ0v) is 13.8. The van der Waals surface area contributed by atoms with Gasteiger partial charge in [0.2, 0.25) is 0 Å². The molecule has 1 N–H and O–H groups in total. The van der Waals surface area contributed by atoms with Gasteiger partial charge in [0.15, 0.2) is 0 Å². The summed E-state index contributed by atoms with van der Waals surface area (Å²) in [5.74, 6) is 0.761. The smallest absolute Gasteiger partial charge is 0.258 e. The first-order valence-electron chi connectivity index (χ1n) is 8.02. The molecule has 1 aliphatic heterocycles. The Morgan fingerprint density at radius 1 is 1.30 bits per heavy atom. The predicted molar refractivity (Wildman–Crippen MR) is 93.8 cm³/mol. The molecule has 0 unspecified atom stereocenters. The number of hydrogen-bond acceptors (Lipinski definition) is 4. The SMILES string of the molecule is C[C@H](c1nc2ccccc2c(=O)[nH]1)N1CCC[C@@H]1c1cccs1. The summed E-state index contributed by atoms with van der Waals surface area (Å²) in [7, 11) is 0. The average molecular weight is 325 g/mol. The third kappa shape index (κ3) is 2.60. The highest BCUT2D eigenvalue weighted by atomic mass is 32.1. The Kier molecular flexibility index (Phi) is 3.75. The number of hydrogen-bond donors (Lipinski definition) is 1. The Hall–Kier alpha value is -1.98. The number of fused-ring (bicyclic) bond motifs is 1. The van der Waals surface area contributed by atoms with Crippen molar-refractivity contribution in [3.05, 3.63) is 62.8 Å². The molecule has 3 heterocycles. The third-order valence-electron chi connectivity index (χ3n) is 4.69. The van der Waals surface area contributed by atoms with Gasteiger partial charge in [-0.3, -0.25) is 9.69 Å². The van der Waals surface area contributed by atoms with Crippen LogP contribution in [0.3, 0.4) is 0 Å². The van der Waals surface area contributed by atoms with Crippen molar-refractivity contribution >= 4 is 22.2 Å². The van der Waals surface area contributed by atoms with E-state index in [0.717, 1.165) is 17.9 Å². The van der Waals surface area contributed by atoms with E-state index < -0.39 is 0 Å². The molecule has 2 atom stereocenters. The van der Waals surface area contributed by atoms with Gasteiger partial charge in [-0.15, -0.1) is 11.3 Å². The van der Waals surface area contributed by atoms with Gasteiger partial charge in [-0.05, 0) is 49.9 Å². The van der Waals surface area contributed by atoms with Crippen molar-refractivity contribution < 1.29 is 0 Å². The highest BCUT2D eigenvalue weighted by molar-refractivity contribution is 7.10. The van der Waals surface area contributed by atoms with Crippen molar-refractivity contribution in [3.63, 3.8) is 0 Å². The Morgan fingerprint density at radius 2 is 2.17 bits per heavy atom. The highest BCUT2D eigenvalue weighted by Crippen LogP contribution is 2.39. The highest BCUT2D eigenvalue weighted by Gasteiger charge is 2.32. The Morgan fingerprint density at radius 3 is 3.00 bits per heavy atom. The molecule has 0 saturated carbocycles. The van der Waals surface area contributed by atoms with Crippen LogP contribution >= 0.6 is 11.3 Å². The molecule has 4 rings (SSSR count). The topological polar surface area (TPSA) is 49.0 Å². The molecule has 1 aromatic carbocycles. The molecule has 118 valence electrons. The van der Waals surface area contributed by atoms with Crippen LogP contribution in [-0.2, 0) is 0 Å². The molecule has 0 spiro atoms. The van der Waals surface area contributed by atoms with Gasteiger partial charge < -0.3 is 4.98 Å². The summed E-state index contributed by atoms with van der Waals surface area (Å²) in [5.41, 5.74) is 0.717. The number of thiophene rings is 1. The second-order valence-corrected chi connectivity index (χ2v) is 7.03. The first-order valence-corrected chi connectivity index (χ1v) is 8.90. The van der Waals surface area contributed by atoms with Crippen LogP contribution < -0.4 is 5.56 Å². The minimum atomic E-state index is -0.0516. The normalized spacial score (nSPS) is 20.1. The quantitative estimate of drug-likeness (QED) is 0.795. The summed E-state index contributed by atoms with van der Waals surface area (Å²) in [6, 6.07) is 12.4. The molecular formula is C18H19N3OS.